The number of fused-ring (bicyclic) bond motifs is 2. The van der Waals surface area contributed by atoms with E-state index in [1.165, 1.54) is 11.9 Å². The lowest BCUT2D eigenvalue weighted by Gasteiger charge is -2.42. The molecule has 3 aromatic rings. The van der Waals surface area contributed by atoms with Gasteiger partial charge in [-0.3, -0.25) is 4.79 Å². The minimum Gasteiger partial charge on any atom is -0.465 e. The molecule has 2 unspecified atom stereocenters. The smallest absolute Gasteiger partial charge is 0.338 e. The third kappa shape index (κ3) is 3.41. The number of piperazine rings is 1. The second-order valence-electron chi connectivity index (χ2n) is 7.73. The number of methoxy groups -OCH3 is 1. The zero-order chi connectivity index (χ0) is 21.4. The molecular formula is C22H22N6O3. The number of likely N-dealkylation sites (tertiary alicyclic amines) is 1. The van der Waals surface area contributed by atoms with Crippen LogP contribution in [0.1, 0.15) is 33.6 Å². The molecule has 4 heterocycles. The molecule has 2 aliphatic rings. The second-order valence-corrected chi connectivity index (χ2v) is 7.73. The van der Waals surface area contributed by atoms with Crippen LogP contribution in [0.15, 0.2) is 55.0 Å². The third-order valence-electron chi connectivity index (χ3n) is 5.97. The van der Waals surface area contributed by atoms with Crippen LogP contribution in [-0.2, 0) is 4.74 Å². The van der Waals surface area contributed by atoms with Gasteiger partial charge in [0.05, 0.1) is 36.3 Å². The molecule has 2 fully saturated rings. The van der Waals surface area contributed by atoms with E-state index in [1.54, 1.807) is 30.7 Å². The van der Waals surface area contributed by atoms with E-state index in [4.69, 9.17) is 4.74 Å². The fraction of sp³-hybridized carbons (Fsp3) is 0.318. The predicted molar refractivity (Wildman–Crippen MR) is 112 cm³/mol. The fourth-order valence-corrected chi connectivity index (χ4v) is 4.59. The number of nitrogens with zero attached hydrogens (tertiary/aromatic N) is 6. The highest BCUT2D eigenvalue weighted by molar-refractivity contribution is 5.98. The summed E-state index contributed by atoms with van der Waals surface area (Å²) in [4.78, 5) is 35.5. The molecule has 9 heteroatoms. The van der Waals surface area contributed by atoms with Crippen molar-refractivity contribution in [1.29, 1.82) is 0 Å². The molecule has 0 radical (unpaired) electrons. The van der Waals surface area contributed by atoms with Crippen LogP contribution in [-0.4, -0.2) is 69.0 Å². The van der Waals surface area contributed by atoms with Gasteiger partial charge in [-0.1, -0.05) is 12.1 Å². The number of hydrogen-bond acceptors (Lipinski definition) is 7. The number of anilines is 1. The number of pyridine rings is 1. The van der Waals surface area contributed by atoms with Gasteiger partial charge in [-0.15, -0.1) is 0 Å². The zero-order valence-electron chi connectivity index (χ0n) is 17.1. The molecule has 2 aromatic heterocycles. The Balaban J connectivity index is 1.39. The number of rotatable bonds is 4. The van der Waals surface area contributed by atoms with Gasteiger partial charge < -0.3 is 14.5 Å². The SMILES string of the molecule is COC(=O)c1ccnc(N2C3CCC2CN(C(=O)c2ccccc2-n2nccn2)C3)c1. The van der Waals surface area contributed by atoms with Gasteiger partial charge in [0, 0.05) is 31.4 Å². The van der Waals surface area contributed by atoms with Gasteiger partial charge in [0.2, 0.25) is 0 Å². The standard InChI is InChI=1S/C22H22N6O3/c1-31-22(30)15-8-9-23-20(12-15)27-16-6-7-17(27)14-26(13-16)21(29)18-4-2-3-5-19(18)28-24-10-11-25-28/h2-5,8-12,16-17H,6-7,13-14H2,1H3. The topological polar surface area (TPSA) is 93.5 Å². The summed E-state index contributed by atoms with van der Waals surface area (Å²) in [6, 6.07) is 11.1. The van der Waals surface area contributed by atoms with Gasteiger partial charge in [-0.2, -0.15) is 15.0 Å². The van der Waals surface area contributed by atoms with Crippen molar-refractivity contribution >= 4 is 17.7 Å². The van der Waals surface area contributed by atoms with E-state index in [0.29, 0.717) is 29.9 Å². The number of para-hydroxylation sites is 1. The van der Waals surface area contributed by atoms with Crippen molar-refractivity contribution in [3.63, 3.8) is 0 Å². The summed E-state index contributed by atoms with van der Waals surface area (Å²) in [7, 11) is 1.37. The Kier molecular flexibility index (Phi) is 4.85. The van der Waals surface area contributed by atoms with Crippen LogP contribution >= 0.6 is 0 Å². The largest absolute Gasteiger partial charge is 0.465 e. The van der Waals surface area contributed by atoms with Crippen LogP contribution < -0.4 is 4.90 Å². The van der Waals surface area contributed by atoms with Crippen molar-refractivity contribution in [3.05, 3.63) is 66.1 Å². The van der Waals surface area contributed by atoms with E-state index < -0.39 is 0 Å². The molecule has 0 saturated carbocycles. The minimum absolute atomic E-state index is 0.0271. The van der Waals surface area contributed by atoms with Gasteiger partial charge in [0.15, 0.2) is 0 Å². The molecule has 0 spiro atoms. The number of amides is 1. The summed E-state index contributed by atoms with van der Waals surface area (Å²) in [6.07, 6.45) is 6.76. The number of hydrogen-bond donors (Lipinski definition) is 0. The number of carbonyl (C=O) groups excluding carboxylic acids is 2. The molecule has 2 saturated heterocycles. The van der Waals surface area contributed by atoms with Crippen molar-refractivity contribution < 1.29 is 14.3 Å². The van der Waals surface area contributed by atoms with Crippen LogP contribution in [0.2, 0.25) is 0 Å². The predicted octanol–water partition coefficient (Wildman–Crippen LogP) is 1.94. The first-order valence-electron chi connectivity index (χ1n) is 10.2. The fourth-order valence-electron chi connectivity index (χ4n) is 4.59. The number of esters is 1. The molecule has 0 N–H and O–H groups in total. The highest BCUT2D eigenvalue weighted by Gasteiger charge is 2.42. The first-order valence-corrected chi connectivity index (χ1v) is 10.2. The highest BCUT2D eigenvalue weighted by Crippen LogP contribution is 2.35. The first kappa shape index (κ1) is 19.2. The maximum Gasteiger partial charge on any atom is 0.338 e. The summed E-state index contributed by atoms with van der Waals surface area (Å²) in [5.74, 6) is 0.345. The molecule has 2 atom stereocenters. The summed E-state index contributed by atoms with van der Waals surface area (Å²) in [5.41, 5.74) is 1.73. The molecule has 2 bridgehead atoms. The number of aromatic nitrogens is 4. The highest BCUT2D eigenvalue weighted by atomic mass is 16.5. The second kappa shape index (κ2) is 7.82. The van der Waals surface area contributed by atoms with Crippen molar-refractivity contribution in [1.82, 2.24) is 24.9 Å². The van der Waals surface area contributed by atoms with E-state index in [9.17, 15) is 9.59 Å². The lowest BCUT2D eigenvalue weighted by atomic mass is 10.1. The molecule has 158 valence electrons. The van der Waals surface area contributed by atoms with Gasteiger partial charge in [0.1, 0.15) is 5.82 Å². The van der Waals surface area contributed by atoms with Crippen molar-refractivity contribution in [3.8, 4) is 5.69 Å². The van der Waals surface area contributed by atoms with E-state index in [-0.39, 0.29) is 24.0 Å². The number of benzene rings is 1. The Hall–Kier alpha value is -3.75. The van der Waals surface area contributed by atoms with Crippen molar-refractivity contribution in [2.24, 2.45) is 0 Å². The van der Waals surface area contributed by atoms with Gasteiger partial charge in [-0.25, -0.2) is 9.78 Å². The monoisotopic (exact) mass is 418 g/mol. The molecule has 1 amide bonds. The van der Waals surface area contributed by atoms with Crippen LogP contribution in [0.5, 0.6) is 0 Å². The summed E-state index contributed by atoms with van der Waals surface area (Å²) in [5, 5.41) is 8.36. The lowest BCUT2D eigenvalue weighted by Crippen LogP contribution is -2.55. The Labute approximate surface area is 179 Å². The Morgan fingerprint density at radius 1 is 1.00 bits per heavy atom. The van der Waals surface area contributed by atoms with Crippen molar-refractivity contribution in [2.75, 3.05) is 25.1 Å². The molecule has 9 nitrogen and oxygen atoms in total. The molecule has 5 rings (SSSR count). The maximum atomic E-state index is 13.4. The van der Waals surface area contributed by atoms with E-state index in [2.05, 4.69) is 20.1 Å². The molecule has 31 heavy (non-hydrogen) atoms. The average molecular weight is 418 g/mol. The summed E-state index contributed by atoms with van der Waals surface area (Å²) >= 11 is 0. The van der Waals surface area contributed by atoms with Gasteiger partial charge in [-0.05, 0) is 37.1 Å². The van der Waals surface area contributed by atoms with Crippen LogP contribution in [0, 0.1) is 0 Å². The average Bonchev–Trinajstić information content (AvgIpc) is 3.44. The lowest BCUT2D eigenvalue weighted by molar-refractivity contribution is 0.0600. The van der Waals surface area contributed by atoms with Crippen LogP contribution in [0.25, 0.3) is 5.69 Å². The molecule has 1 aromatic carbocycles. The number of carbonyl (C=O) groups is 2. The van der Waals surface area contributed by atoms with Gasteiger partial charge in [0.25, 0.3) is 5.91 Å². The Morgan fingerprint density at radius 2 is 1.71 bits per heavy atom. The normalized spacial score (nSPS) is 20.0. The molecule has 2 aliphatic heterocycles. The zero-order valence-corrected chi connectivity index (χ0v) is 17.1. The summed E-state index contributed by atoms with van der Waals surface area (Å²) < 4.78 is 4.84. The van der Waals surface area contributed by atoms with E-state index >= 15 is 0 Å². The first-order chi connectivity index (χ1) is 15.2. The van der Waals surface area contributed by atoms with Crippen LogP contribution in [0.4, 0.5) is 5.82 Å². The third-order valence-corrected chi connectivity index (χ3v) is 5.97. The van der Waals surface area contributed by atoms with Gasteiger partial charge >= 0.3 is 5.97 Å². The Morgan fingerprint density at radius 3 is 2.42 bits per heavy atom. The summed E-state index contributed by atoms with van der Waals surface area (Å²) in [6.45, 7) is 1.20. The number of ether oxygens (including phenoxy) is 1. The molecular weight excluding hydrogens is 396 g/mol. The maximum absolute atomic E-state index is 13.4. The Bertz CT molecular complexity index is 1100. The minimum atomic E-state index is -0.381. The van der Waals surface area contributed by atoms with Crippen molar-refractivity contribution in [2.45, 2.75) is 24.9 Å². The van der Waals surface area contributed by atoms with E-state index in [1.807, 2.05) is 29.2 Å². The van der Waals surface area contributed by atoms with Crippen LogP contribution in [0.3, 0.4) is 0 Å². The molecule has 0 aliphatic carbocycles. The quantitative estimate of drug-likeness (QED) is 0.598. The van der Waals surface area contributed by atoms with E-state index in [0.717, 1.165) is 18.7 Å².